The molecule has 5 nitrogen and oxygen atoms in total. The van der Waals surface area contributed by atoms with Crippen LogP contribution in [0.25, 0.3) is 6.08 Å². The lowest BCUT2D eigenvalue weighted by atomic mass is 10.1. The van der Waals surface area contributed by atoms with Gasteiger partial charge in [0.05, 0.1) is 28.2 Å². The molecular weight excluding hydrogens is 469 g/mol. The first-order valence-corrected chi connectivity index (χ1v) is 9.96. The van der Waals surface area contributed by atoms with Gasteiger partial charge in [-0.15, -0.1) is 0 Å². The van der Waals surface area contributed by atoms with Gasteiger partial charge < -0.3 is 14.2 Å². The van der Waals surface area contributed by atoms with Crippen LogP contribution in [0, 0.1) is 0 Å². The van der Waals surface area contributed by atoms with E-state index >= 15 is 0 Å². The molecule has 0 bridgehead atoms. The van der Waals surface area contributed by atoms with Gasteiger partial charge in [-0.05, 0) is 64.3 Å². The van der Waals surface area contributed by atoms with Gasteiger partial charge in [0.1, 0.15) is 0 Å². The molecule has 3 rings (SSSR count). The summed E-state index contributed by atoms with van der Waals surface area (Å²) in [4.78, 5) is 16.5. The number of benzene rings is 2. The molecule has 0 N–H and O–H groups in total. The van der Waals surface area contributed by atoms with Crippen molar-refractivity contribution in [2.75, 3.05) is 13.7 Å². The van der Waals surface area contributed by atoms with E-state index in [1.807, 2.05) is 13.0 Å². The van der Waals surface area contributed by atoms with Crippen molar-refractivity contribution < 1.29 is 19.0 Å². The van der Waals surface area contributed by atoms with E-state index in [9.17, 15) is 4.79 Å². The van der Waals surface area contributed by atoms with E-state index < -0.39 is 5.97 Å². The van der Waals surface area contributed by atoms with E-state index in [0.717, 1.165) is 6.42 Å². The molecule has 1 heterocycles. The number of methoxy groups -OCH3 is 1. The monoisotopic (exact) mass is 483 g/mol. The highest BCUT2D eigenvalue weighted by Gasteiger charge is 2.25. The number of carbonyl (C=O) groups excluding carboxylic acids is 1. The van der Waals surface area contributed by atoms with Crippen LogP contribution in [0.4, 0.5) is 0 Å². The average molecular weight is 485 g/mol. The van der Waals surface area contributed by atoms with Crippen LogP contribution in [0.15, 0.2) is 45.5 Å². The first kappa shape index (κ1) is 20.7. The predicted octanol–water partition coefficient (Wildman–Crippen LogP) is 5.90. The van der Waals surface area contributed by atoms with Crippen LogP contribution in [0.1, 0.15) is 24.5 Å². The van der Waals surface area contributed by atoms with Gasteiger partial charge in [0.2, 0.25) is 5.90 Å². The third-order valence-electron chi connectivity index (χ3n) is 3.79. The van der Waals surface area contributed by atoms with Crippen LogP contribution in [0.2, 0.25) is 10.0 Å². The highest BCUT2D eigenvalue weighted by atomic mass is 79.9. The second-order valence-corrected chi connectivity index (χ2v) is 7.52. The van der Waals surface area contributed by atoms with Crippen LogP contribution >= 0.6 is 39.1 Å². The van der Waals surface area contributed by atoms with E-state index in [-0.39, 0.29) is 11.6 Å². The fourth-order valence-electron chi connectivity index (χ4n) is 2.49. The Morgan fingerprint density at radius 1 is 1.21 bits per heavy atom. The third-order valence-corrected chi connectivity index (χ3v) is 5.12. The summed E-state index contributed by atoms with van der Waals surface area (Å²) in [7, 11) is 1.56. The summed E-state index contributed by atoms with van der Waals surface area (Å²) in [5.74, 6) is 0.779. The fourth-order valence-corrected chi connectivity index (χ4v) is 3.36. The Morgan fingerprint density at radius 2 is 2.00 bits per heavy atom. The van der Waals surface area contributed by atoms with Gasteiger partial charge >= 0.3 is 5.97 Å². The SMILES string of the molecule is CCCOc1c(Br)cc(/C=C2\N=C(c3ccc(Cl)c(Cl)c3)OC2=O)cc1OC. The zero-order valence-electron chi connectivity index (χ0n) is 15.1. The zero-order chi connectivity index (χ0) is 20.3. The van der Waals surface area contributed by atoms with Gasteiger partial charge in [0.25, 0.3) is 0 Å². The van der Waals surface area contributed by atoms with E-state index in [1.54, 1.807) is 37.5 Å². The Hall–Kier alpha value is -2.02. The molecule has 2 aromatic carbocycles. The van der Waals surface area contributed by atoms with Crippen molar-refractivity contribution >= 4 is 57.1 Å². The highest BCUT2D eigenvalue weighted by molar-refractivity contribution is 9.10. The van der Waals surface area contributed by atoms with E-state index in [2.05, 4.69) is 20.9 Å². The summed E-state index contributed by atoms with van der Waals surface area (Å²) < 4.78 is 17.1. The van der Waals surface area contributed by atoms with E-state index in [1.165, 1.54) is 0 Å². The molecule has 0 saturated carbocycles. The van der Waals surface area contributed by atoms with Gasteiger partial charge in [0, 0.05) is 5.56 Å². The highest BCUT2D eigenvalue weighted by Crippen LogP contribution is 2.37. The van der Waals surface area contributed by atoms with Gasteiger partial charge in [-0.2, -0.15) is 0 Å². The van der Waals surface area contributed by atoms with Crippen LogP contribution in [0.3, 0.4) is 0 Å². The van der Waals surface area contributed by atoms with E-state index in [0.29, 0.717) is 43.8 Å². The topological polar surface area (TPSA) is 57.1 Å². The van der Waals surface area contributed by atoms with Crippen molar-refractivity contribution in [2.45, 2.75) is 13.3 Å². The minimum Gasteiger partial charge on any atom is -0.493 e. The van der Waals surface area contributed by atoms with Gasteiger partial charge in [0.15, 0.2) is 17.2 Å². The number of aliphatic imine (C=N–C) groups is 1. The standard InChI is InChI=1S/C20H16BrCl2NO4/c1-3-6-27-18-13(21)7-11(9-17(18)26-2)8-16-20(25)28-19(24-16)12-4-5-14(22)15(23)10-12/h4-5,7-10H,3,6H2,1-2H3/b16-8-. The normalized spacial score (nSPS) is 14.8. The smallest absolute Gasteiger partial charge is 0.363 e. The average Bonchev–Trinajstić information content (AvgIpc) is 3.03. The lowest BCUT2D eigenvalue weighted by molar-refractivity contribution is -0.129. The molecule has 1 aliphatic rings. The Bertz CT molecular complexity index is 988. The molecule has 0 radical (unpaired) electrons. The second-order valence-electron chi connectivity index (χ2n) is 5.85. The van der Waals surface area contributed by atoms with Crippen molar-refractivity contribution in [1.29, 1.82) is 0 Å². The molecule has 28 heavy (non-hydrogen) atoms. The van der Waals surface area contributed by atoms with Crippen molar-refractivity contribution in [3.63, 3.8) is 0 Å². The van der Waals surface area contributed by atoms with E-state index in [4.69, 9.17) is 37.4 Å². The minimum atomic E-state index is -0.553. The number of halogens is 3. The van der Waals surface area contributed by atoms with Crippen molar-refractivity contribution in [1.82, 2.24) is 0 Å². The molecule has 0 fully saturated rings. The van der Waals surface area contributed by atoms with Gasteiger partial charge in [-0.1, -0.05) is 30.1 Å². The summed E-state index contributed by atoms with van der Waals surface area (Å²) in [6, 6.07) is 8.48. The number of carbonyl (C=O) groups is 1. The lowest BCUT2D eigenvalue weighted by Crippen LogP contribution is -2.05. The Morgan fingerprint density at radius 3 is 2.68 bits per heavy atom. The Balaban J connectivity index is 1.94. The summed E-state index contributed by atoms with van der Waals surface area (Å²) in [5, 5.41) is 0.764. The molecule has 8 heteroatoms. The molecule has 0 aromatic heterocycles. The van der Waals surface area contributed by atoms with Gasteiger partial charge in [-0.3, -0.25) is 0 Å². The molecule has 146 valence electrons. The first-order valence-electron chi connectivity index (χ1n) is 8.41. The summed E-state index contributed by atoms with van der Waals surface area (Å²) in [5.41, 5.74) is 1.43. The molecule has 0 atom stereocenters. The molecule has 0 saturated heterocycles. The largest absolute Gasteiger partial charge is 0.493 e. The molecule has 0 spiro atoms. The van der Waals surface area contributed by atoms with Crippen molar-refractivity contribution in [2.24, 2.45) is 4.99 Å². The molecule has 1 aliphatic heterocycles. The molecule has 0 unspecified atom stereocenters. The Kier molecular flexibility index (Phi) is 6.65. The quantitative estimate of drug-likeness (QED) is 0.378. The number of nitrogens with zero attached hydrogens (tertiary/aromatic N) is 1. The zero-order valence-corrected chi connectivity index (χ0v) is 18.2. The number of hydrogen-bond donors (Lipinski definition) is 0. The summed E-state index contributed by atoms with van der Waals surface area (Å²) >= 11 is 15.4. The summed E-state index contributed by atoms with van der Waals surface area (Å²) in [6.07, 6.45) is 2.49. The Labute approximate surface area is 181 Å². The number of esters is 1. The number of ether oxygens (including phenoxy) is 3. The van der Waals surface area contributed by atoms with Crippen LogP contribution < -0.4 is 9.47 Å². The van der Waals surface area contributed by atoms with Crippen LogP contribution in [-0.2, 0) is 9.53 Å². The number of rotatable bonds is 6. The maximum Gasteiger partial charge on any atom is 0.363 e. The van der Waals surface area contributed by atoms with Crippen LogP contribution in [0.5, 0.6) is 11.5 Å². The van der Waals surface area contributed by atoms with Crippen LogP contribution in [-0.4, -0.2) is 25.6 Å². The predicted molar refractivity (Wildman–Crippen MR) is 114 cm³/mol. The third kappa shape index (κ3) is 4.51. The fraction of sp³-hybridized carbons (Fsp3) is 0.200. The van der Waals surface area contributed by atoms with Crippen molar-refractivity contribution in [3.8, 4) is 11.5 Å². The van der Waals surface area contributed by atoms with Gasteiger partial charge in [-0.25, -0.2) is 9.79 Å². The maximum atomic E-state index is 12.2. The minimum absolute atomic E-state index is 0.164. The molecular formula is C20H16BrCl2NO4. The number of cyclic esters (lactones) is 1. The molecule has 2 aromatic rings. The van der Waals surface area contributed by atoms with Crippen molar-refractivity contribution in [3.05, 3.63) is 61.7 Å². The lowest BCUT2D eigenvalue weighted by Gasteiger charge is -2.13. The maximum absolute atomic E-state index is 12.2. The summed E-state index contributed by atoms with van der Waals surface area (Å²) in [6.45, 7) is 2.59. The first-order chi connectivity index (χ1) is 13.4. The number of hydrogen-bond acceptors (Lipinski definition) is 5. The molecule has 0 amide bonds. The second kappa shape index (κ2) is 8.99. The molecule has 0 aliphatic carbocycles.